The lowest BCUT2D eigenvalue weighted by molar-refractivity contribution is -0.152. The van der Waals surface area contributed by atoms with Gasteiger partial charge in [0.05, 0.1) is 26.0 Å². The first-order valence-corrected chi connectivity index (χ1v) is 10.6. The van der Waals surface area contributed by atoms with Gasteiger partial charge in [0.2, 0.25) is 5.60 Å². The average Bonchev–Trinajstić information content (AvgIpc) is 3.22. The zero-order chi connectivity index (χ0) is 21.8. The van der Waals surface area contributed by atoms with Crippen molar-refractivity contribution in [1.29, 1.82) is 0 Å². The van der Waals surface area contributed by atoms with E-state index in [0.29, 0.717) is 18.7 Å². The van der Waals surface area contributed by atoms with E-state index in [1.54, 1.807) is 18.9 Å². The SMILES string of the molecule is COc1ccccc1C1=NO[C@@](C)(C(=O)N(C)Cc2ccccc2N2CCOCC2)C1. The highest BCUT2D eigenvalue weighted by Crippen LogP contribution is 2.32. The molecule has 7 nitrogen and oxygen atoms in total. The highest BCUT2D eigenvalue weighted by Gasteiger charge is 2.44. The Morgan fingerprint density at radius 2 is 1.87 bits per heavy atom. The molecule has 31 heavy (non-hydrogen) atoms. The summed E-state index contributed by atoms with van der Waals surface area (Å²) in [5.74, 6) is 0.618. The third-order valence-electron chi connectivity index (χ3n) is 5.83. The molecule has 0 N–H and O–H groups in total. The topological polar surface area (TPSA) is 63.6 Å². The Bertz CT molecular complexity index is 971. The molecular formula is C24H29N3O4. The van der Waals surface area contributed by atoms with Crippen molar-refractivity contribution in [3.8, 4) is 5.75 Å². The minimum absolute atomic E-state index is 0.0991. The molecule has 2 aliphatic rings. The van der Waals surface area contributed by atoms with Crippen LogP contribution in [0.3, 0.4) is 0 Å². The minimum atomic E-state index is -1.04. The number of methoxy groups -OCH3 is 1. The molecule has 0 aromatic heterocycles. The summed E-state index contributed by atoms with van der Waals surface area (Å²) in [7, 11) is 3.44. The number of benzene rings is 2. The monoisotopic (exact) mass is 423 g/mol. The number of carbonyl (C=O) groups excluding carboxylic acids is 1. The van der Waals surface area contributed by atoms with Gasteiger partial charge in [0, 0.05) is 44.4 Å². The van der Waals surface area contributed by atoms with Gasteiger partial charge >= 0.3 is 0 Å². The molecule has 2 heterocycles. The second-order valence-electron chi connectivity index (χ2n) is 8.13. The van der Waals surface area contributed by atoms with Crippen LogP contribution in [0.15, 0.2) is 53.7 Å². The molecule has 4 rings (SSSR count). The van der Waals surface area contributed by atoms with Gasteiger partial charge in [-0.3, -0.25) is 4.79 Å². The molecule has 1 fully saturated rings. The van der Waals surface area contributed by atoms with E-state index in [1.807, 2.05) is 43.4 Å². The first kappa shape index (κ1) is 21.2. The third kappa shape index (κ3) is 4.37. The molecule has 2 aromatic rings. The third-order valence-corrected chi connectivity index (χ3v) is 5.83. The number of ether oxygens (including phenoxy) is 2. The van der Waals surface area contributed by atoms with Crippen LogP contribution in [-0.2, 0) is 20.9 Å². The van der Waals surface area contributed by atoms with Crippen molar-refractivity contribution in [2.75, 3.05) is 45.4 Å². The van der Waals surface area contributed by atoms with Crippen LogP contribution in [-0.4, -0.2) is 62.6 Å². The number of carbonyl (C=O) groups is 1. The summed E-state index contributed by atoms with van der Waals surface area (Å²) in [5, 5.41) is 4.24. The summed E-state index contributed by atoms with van der Waals surface area (Å²) in [6, 6.07) is 15.9. The Morgan fingerprint density at radius 1 is 1.16 bits per heavy atom. The largest absolute Gasteiger partial charge is 0.496 e. The molecule has 0 saturated carbocycles. The fourth-order valence-corrected chi connectivity index (χ4v) is 4.17. The van der Waals surface area contributed by atoms with Crippen molar-refractivity contribution in [1.82, 2.24) is 4.90 Å². The molecule has 2 aliphatic heterocycles. The predicted octanol–water partition coefficient (Wildman–Crippen LogP) is 3.07. The molecular weight excluding hydrogens is 394 g/mol. The maximum absolute atomic E-state index is 13.4. The molecule has 0 unspecified atom stereocenters. The molecule has 1 atom stereocenters. The van der Waals surface area contributed by atoms with Crippen molar-refractivity contribution in [2.45, 2.75) is 25.5 Å². The highest BCUT2D eigenvalue weighted by atomic mass is 16.7. The summed E-state index contributed by atoms with van der Waals surface area (Å²) in [6.07, 6.45) is 0.391. The van der Waals surface area contributed by atoms with Crippen molar-refractivity contribution < 1.29 is 19.1 Å². The average molecular weight is 424 g/mol. The Labute approximate surface area is 183 Å². The minimum Gasteiger partial charge on any atom is -0.496 e. The van der Waals surface area contributed by atoms with Gasteiger partial charge in [0.1, 0.15) is 5.75 Å². The first-order valence-electron chi connectivity index (χ1n) is 10.6. The lowest BCUT2D eigenvalue weighted by Gasteiger charge is -2.32. The van der Waals surface area contributed by atoms with Crippen LogP contribution in [0.5, 0.6) is 5.75 Å². The van der Waals surface area contributed by atoms with Gasteiger partial charge in [-0.2, -0.15) is 0 Å². The van der Waals surface area contributed by atoms with Crippen LogP contribution < -0.4 is 9.64 Å². The molecule has 2 aromatic carbocycles. The number of amides is 1. The second-order valence-corrected chi connectivity index (χ2v) is 8.13. The van der Waals surface area contributed by atoms with Crippen LogP contribution in [0.2, 0.25) is 0 Å². The van der Waals surface area contributed by atoms with E-state index in [2.05, 4.69) is 22.2 Å². The van der Waals surface area contributed by atoms with Crippen LogP contribution in [0.25, 0.3) is 0 Å². The van der Waals surface area contributed by atoms with Crippen molar-refractivity contribution in [2.24, 2.45) is 5.16 Å². The van der Waals surface area contributed by atoms with E-state index in [1.165, 1.54) is 0 Å². The lowest BCUT2D eigenvalue weighted by atomic mass is 9.94. The molecule has 0 aliphatic carbocycles. The number of nitrogens with zero attached hydrogens (tertiary/aromatic N) is 3. The number of likely N-dealkylation sites (N-methyl/N-ethyl adjacent to an activating group) is 1. The van der Waals surface area contributed by atoms with Crippen molar-refractivity contribution >= 4 is 17.3 Å². The summed E-state index contributed by atoms with van der Waals surface area (Å²) in [5.41, 5.74) is 2.78. The highest BCUT2D eigenvalue weighted by molar-refractivity contribution is 6.07. The Kier molecular flexibility index (Phi) is 6.13. The summed E-state index contributed by atoms with van der Waals surface area (Å²) in [4.78, 5) is 23.1. The smallest absolute Gasteiger partial charge is 0.269 e. The maximum Gasteiger partial charge on any atom is 0.269 e. The maximum atomic E-state index is 13.4. The zero-order valence-electron chi connectivity index (χ0n) is 18.3. The van der Waals surface area contributed by atoms with Crippen molar-refractivity contribution in [3.63, 3.8) is 0 Å². The number of morpholine rings is 1. The number of hydrogen-bond donors (Lipinski definition) is 0. The van der Waals surface area contributed by atoms with Gasteiger partial charge in [0.25, 0.3) is 5.91 Å². The number of anilines is 1. The van der Waals surface area contributed by atoms with E-state index in [9.17, 15) is 4.79 Å². The number of oxime groups is 1. The normalized spacial score (nSPS) is 20.7. The molecule has 0 radical (unpaired) electrons. The number of rotatable bonds is 6. The number of para-hydroxylation sites is 2. The van der Waals surface area contributed by atoms with Crippen LogP contribution in [0, 0.1) is 0 Å². The molecule has 164 valence electrons. The Morgan fingerprint density at radius 3 is 2.65 bits per heavy atom. The summed E-state index contributed by atoms with van der Waals surface area (Å²) >= 11 is 0. The van der Waals surface area contributed by atoms with E-state index in [4.69, 9.17) is 14.3 Å². The summed E-state index contributed by atoms with van der Waals surface area (Å²) in [6.45, 7) is 5.44. The fraction of sp³-hybridized carbons (Fsp3) is 0.417. The molecule has 7 heteroatoms. The van der Waals surface area contributed by atoms with Gasteiger partial charge in [-0.05, 0) is 30.7 Å². The van der Waals surface area contributed by atoms with Crippen LogP contribution in [0.1, 0.15) is 24.5 Å². The Hall–Kier alpha value is -3.06. The standard InChI is InChI=1S/C24H29N3O4/c1-24(16-20(25-31-24)19-9-5-7-11-22(19)29-3)23(28)26(2)17-18-8-4-6-10-21(18)27-12-14-30-15-13-27/h4-11H,12-17H2,1-3H3/t24-/m1/s1. The summed E-state index contributed by atoms with van der Waals surface area (Å²) < 4.78 is 10.9. The number of hydrogen-bond acceptors (Lipinski definition) is 6. The van der Waals surface area contributed by atoms with E-state index >= 15 is 0 Å². The van der Waals surface area contributed by atoms with Gasteiger partial charge in [0.15, 0.2) is 0 Å². The quantitative estimate of drug-likeness (QED) is 0.715. The van der Waals surface area contributed by atoms with Crippen molar-refractivity contribution in [3.05, 3.63) is 59.7 Å². The van der Waals surface area contributed by atoms with Crippen LogP contribution in [0.4, 0.5) is 5.69 Å². The zero-order valence-corrected chi connectivity index (χ0v) is 18.3. The Balaban J connectivity index is 1.47. The van der Waals surface area contributed by atoms with Gasteiger partial charge in [-0.1, -0.05) is 35.5 Å². The molecule has 1 amide bonds. The van der Waals surface area contributed by atoms with Gasteiger partial charge in [-0.15, -0.1) is 0 Å². The first-order chi connectivity index (χ1) is 15.0. The van der Waals surface area contributed by atoms with E-state index < -0.39 is 5.60 Å². The molecule has 0 spiro atoms. The van der Waals surface area contributed by atoms with Crippen LogP contribution >= 0.6 is 0 Å². The van der Waals surface area contributed by atoms with Gasteiger partial charge < -0.3 is 24.1 Å². The second kappa shape index (κ2) is 8.98. The lowest BCUT2D eigenvalue weighted by Crippen LogP contribution is -2.45. The molecule has 0 bridgehead atoms. The molecule has 1 saturated heterocycles. The van der Waals surface area contributed by atoms with E-state index in [-0.39, 0.29) is 5.91 Å². The fourth-order valence-electron chi connectivity index (χ4n) is 4.17. The predicted molar refractivity (Wildman–Crippen MR) is 120 cm³/mol. The van der Waals surface area contributed by atoms with Gasteiger partial charge in [-0.25, -0.2) is 0 Å². The van der Waals surface area contributed by atoms with E-state index in [0.717, 1.165) is 48.8 Å².